The fraction of sp³-hybridized carbons (Fsp3) is 0.786. The third-order valence-corrected chi connectivity index (χ3v) is 10.0. The molecule has 1 aliphatic heterocycles. The van der Waals surface area contributed by atoms with Crippen molar-refractivity contribution in [2.24, 2.45) is 5.92 Å². The molecule has 0 aliphatic carbocycles. The van der Waals surface area contributed by atoms with Crippen molar-refractivity contribution in [3.8, 4) is 6.07 Å². The molecule has 0 spiro atoms. The number of aliphatic carboxylic acids is 2. The van der Waals surface area contributed by atoms with Gasteiger partial charge in [0.2, 0.25) is 3.82 Å². The van der Waals surface area contributed by atoms with Crippen molar-refractivity contribution in [1.82, 2.24) is 4.90 Å². The van der Waals surface area contributed by atoms with Gasteiger partial charge in [-0.15, -0.1) is 23.5 Å². The van der Waals surface area contributed by atoms with Crippen molar-refractivity contribution in [2.45, 2.75) is 17.7 Å². The van der Waals surface area contributed by atoms with Crippen LogP contribution in [0.25, 0.3) is 0 Å². The van der Waals surface area contributed by atoms with Crippen molar-refractivity contribution < 1.29 is 33.4 Å². The lowest BCUT2D eigenvalue weighted by molar-refractivity contribution is -0.159. The van der Waals surface area contributed by atoms with Crippen molar-refractivity contribution in [1.29, 1.82) is 5.26 Å². The molecule has 12 heteroatoms. The van der Waals surface area contributed by atoms with Gasteiger partial charge >= 0.3 is 19.5 Å². The Morgan fingerprint density at radius 2 is 1.62 bits per heavy atom. The molecule has 0 bridgehead atoms. The van der Waals surface area contributed by atoms with E-state index >= 15 is 0 Å². The van der Waals surface area contributed by atoms with Gasteiger partial charge in [0, 0.05) is 18.1 Å². The van der Waals surface area contributed by atoms with E-state index in [0.29, 0.717) is 5.92 Å². The molecule has 26 heavy (non-hydrogen) atoms. The summed E-state index contributed by atoms with van der Waals surface area (Å²) >= 11 is 2.82. The number of rotatable bonds is 7. The highest BCUT2D eigenvalue weighted by molar-refractivity contribution is 8.26. The summed E-state index contributed by atoms with van der Waals surface area (Å²) in [6.45, 7) is 5.06. The van der Waals surface area contributed by atoms with Gasteiger partial charge in [-0.2, -0.15) is 5.26 Å². The summed E-state index contributed by atoms with van der Waals surface area (Å²) in [5.74, 6) is -1.57. The Kier molecular flexibility index (Phi) is 11.5. The summed E-state index contributed by atoms with van der Waals surface area (Å²) in [4.78, 5) is 20.3. The van der Waals surface area contributed by atoms with Gasteiger partial charge in [-0.25, -0.2) is 9.59 Å². The predicted octanol–water partition coefficient (Wildman–Crippen LogP) is 2.24. The van der Waals surface area contributed by atoms with Gasteiger partial charge in [0.25, 0.3) is 0 Å². The van der Waals surface area contributed by atoms with E-state index < -0.39 is 23.4 Å². The van der Waals surface area contributed by atoms with E-state index in [1.165, 1.54) is 23.5 Å². The Balaban J connectivity index is 0.000000896. The first-order chi connectivity index (χ1) is 12.1. The van der Waals surface area contributed by atoms with E-state index in [2.05, 4.69) is 11.0 Å². The molecule has 1 fully saturated rings. The van der Waals surface area contributed by atoms with Gasteiger partial charge in [-0.1, -0.05) is 0 Å². The predicted molar refractivity (Wildman–Crippen MR) is 101 cm³/mol. The highest BCUT2D eigenvalue weighted by Gasteiger charge is 2.55. The maximum Gasteiger partial charge on any atom is 0.414 e. The molecular weight excluding hydrogens is 403 g/mol. The first kappa shape index (κ1) is 25.2. The number of hydrogen-bond donors (Lipinski definition) is 2. The van der Waals surface area contributed by atoms with Gasteiger partial charge in [0.1, 0.15) is 6.07 Å². The number of carbonyl (C=O) groups is 2. The summed E-state index contributed by atoms with van der Waals surface area (Å²) in [6, 6.07) is 2.20. The van der Waals surface area contributed by atoms with E-state index in [-0.39, 0.29) is 13.2 Å². The lowest BCUT2D eigenvalue weighted by atomic mass is 10.2. The summed E-state index contributed by atoms with van der Waals surface area (Å²) < 4.78 is 22.6. The van der Waals surface area contributed by atoms with Crippen LogP contribution in [-0.4, -0.2) is 76.2 Å². The second-order valence-electron chi connectivity index (χ2n) is 5.39. The summed E-state index contributed by atoms with van der Waals surface area (Å²) in [5, 5.41) is 24.3. The molecule has 0 aromatic rings. The van der Waals surface area contributed by atoms with Gasteiger partial charge in [0.05, 0.1) is 13.2 Å². The molecule has 150 valence electrons. The van der Waals surface area contributed by atoms with Gasteiger partial charge in [-0.3, -0.25) is 4.57 Å². The lowest BCUT2D eigenvalue weighted by Gasteiger charge is -2.38. The number of thioether (sulfide) groups is 2. The maximum atomic E-state index is 12.9. The second-order valence-corrected chi connectivity index (χ2v) is 10.9. The molecule has 9 nitrogen and oxygen atoms in total. The van der Waals surface area contributed by atoms with Crippen LogP contribution in [0.2, 0.25) is 0 Å². The molecule has 0 amide bonds. The van der Waals surface area contributed by atoms with Crippen LogP contribution in [-0.2, 0) is 23.2 Å². The van der Waals surface area contributed by atoms with Crippen molar-refractivity contribution in [2.75, 3.05) is 45.4 Å². The number of carboxylic acids is 2. The topological polar surface area (TPSA) is 137 Å². The van der Waals surface area contributed by atoms with Crippen molar-refractivity contribution in [3.63, 3.8) is 0 Å². The van der Waals surface area contributed by atoms with E-state index in [9.17, 15) is 9.83 Å². The number of hydrogen-bond acceptors (Lipinski definition) is 9. The largest absolute Gasteiger partial charge is 0.473 e. The Hall–Kier alpha value is -0.760. The first-order valence-electron chi connectivity index (χ1n) is 7.76. The molecule has 1 saturated heterocycles. The third kappa shape index (κ3) is 7.47. The number of carboxylic acid groups (broad SMARTS) is 2. The first-order valence-corrected chi connectivity index (χ1v) is 11.3. The molecule has 0 saturated carbocycles. The number of nitriles is 1. The van der Waals surface area contributed by atoms with Crippen LogP contribution in [0.4, 0.5) is 0 Å². The molecular formula is C14H25N2O7PS2. The van der Waals surface area contributed by atoms with Gasteiger partial charge in [-0.05, 0) is 33.9 Å². The van der Waals surface area contributed by atoms with Gasteiger partial charge in [0.15, 0.2) is 0 Å². The fourth-order valence-electron chi connectivity index (χ4n) is 2.00. The highest BCUT2D eigenvalue weighted by Crippen LogP contribution is 2.71. The third-order valence-electron chi connectivity index (χ3n) is 2.94. The highest BCUT2D eigenvalue weighted by atomic mass is 32.2. The van der Waals surface area contributed by atoms with E-state index in [4.69, 9.17) is 28.8 Å². The van der Waals surface area contributed by atoms with Crippen LogP contribution < -0.4 is 0 Å². The Labute approximate surface area is 161 Å². The molecule has 1 aliphatic rings. The summed E-state index contributed by atoms with van der Waals surface area (Å²) in [5.41, 5.74) is 0. The zero-order chi connectivity index (χ0) is 20.4. The van der Waals surface area contributed by atoms with E-state index in [1.54, 1.807) is 13.8 Å². The smallest absolute Gasteiger partial charge is 0.414 e. The lowest BCUT2D eigenvalue weighted by Crippen LogP contribution is -2.34. The normalized spacial score (nSPS) is 22.8. The average Bonchev–Trinajstić information content (AvgIpc) is 2.56. The maximum absolute atomic E-state index is 12.9. The van der Waals surface area contributed by atoms with Crippen LogP contribution in [0.1, 0.15) is 13.8 Å². The van der Waals surface area contributed by atoms with Crippen molar-refractivity contribution in [3.05, 3.63) is 0 Å². The average molecular weight is 428 g/mol. The Morgan fingerprint density at radius 1 is 1.19 bits per heavy atom. The van der Waals surface area contributed by atoms with Crippen molar-refractivity contribution >= 4 is 43.1 Å². The van der Waals surface area contributed by atoms with E-state index in [0.717, 1.165) is 18.1 Å². The Bertz CT molecular complexity index is 538. The standard InChI is InChI=1S/C12H23N2O3PS2.C2H2O4/c1-5-16-18(15,17-6-2)12(10-13)19-8-11(9-20-12)7-14(3)4;3-1(4)2(5)6/h11H,5-9H2,1-4H3;(H,3,4)(H,5,6). The SMILES string of the molecule is CCOP(=O)(OCC)C1(C#N)SCC(CN(C)C)CS1.O=C(O)C(=O)O. The minimum absolute atomic E-state index is 0.281. The Morgan fingerprint density at radius 3 is 1.88 bits per heavy atom. The molecule has 1 rings (SSSR count). The molecule has 0 aromatic carbocycles. The van der Waals surface area contributed by atoms with Crippen LogP contribution in [0, 0.1) is 17.2 Å². The molecule has 1 heterocycles. The summed E-state index contributed by atoms with van der Waals surface area (Å²) in [7, 11) is 0.634. The van der Waals surface area contributed by atoms with Gasteiger partial charge < -0.3 is 24.2 Å². The molecule has 0 radical (unpaired) electrons. The van der Waals surface area contributed by atoms with E-state index in [1.807, 2.05) is 14.1 Å². The second kappa shape index (κ2) is 11.8. The summed E-state index contributed by atoms with van der Waals surface area (Å²) in [6.07, 6.45) is 0. The molecule has 0 aromatic heterocycles. The van der Waals surface area contributed by atoms with Crippen LogP contribution in [0.3, 0.4) is 0 Å². The zero-order valence-electron chi connectivity index (χ0n) is 15.2. The molecule has 2 N–H and O–H groups in total. The monoisotopic (exact) mass is 428 g/mol. The fourth-order valence-corrected chi connectivity index (χ4v) is 7.96. The van der Waals surface area contributed by atoms with Crippen LogP contribution in [0.15, 0.2) is 0 Å². The quantitative estimate of drug-likeness (QED) is 0.456. The minimum Gasteiger partial charge on any atom is -0.473 e. The zero-order valence-corrected chi connectivity index (χ0v) is 17.7. The molecule has 0 atom stereocenters. The molecule has 0 unspecified atom stereocenters. The minimum atomic E-state index is -3.44. The number of nitrogens with zero attached hydrogens (tertiary/aromatic N) is 2. The van der Waals surface area contributed by atoms with Crippen LogP contribution >= 0.6 is 31.1 Å². The van der Waals surface area contributed by atoms with Crippen LogP contribution in [0.5, 0.6) is 0 Å².